The molecule has 1 aliphatic rings. The summed E-state index contributed by atoms with van der Waals surface area (Å²) in [6.45, 7) is 2.92. The van der Waals surface area contributed by atoms with Gasteiger partial charge in [0.15, 0.2) is 0 Å². The molecule has 16 heavy (non-hydrogen) atoms. The molecule has 1 saturated heterocycles. The molecule has 0 amide bonds. The van der Waals surface area contributed by atoms with Gasteiger partial charge in [0.25, 0.3) is 0 Å². The van der Waals surface area contributed by atoms with E-state index in [1.165, 1.54) is 11.3 Å². The third-order valence-electron chi connectivity index (χ3n) is 2.13. The van der Waals surface area contributed by atoms with E-state index in [2.05, 4.69) is 27.9 Å². The van der Waals surface area contributed by atoms with E-state index in [1.54, 1.807) is 6.07 Å². The lowest BCUT2D eigenvalue weighted by molar-refractivity contribution is 0.0637. The van der Waals surface area contributed by atoms with Gasteiger partial charge in [-0.1, -0.05) is 0 Å². The summed E-state index contributed by atoms with van der Waals surface area (Å²) in [7, 11) is 0. The second-order valence-corrected chi connectivity index (χ2v) is 5.12. The molecule has 0 unspecified atom stereocenters. The predicted molar refractivity (Wildman–Crippen MR) is 66.5 cm³/mol. The molecule has 0 bridgehead atoms. The fraction of sp³-hybridized carbons (Fsp3) is 0.364. The summed E-state index contributed by atoms with van der Waals surface area (Å²) >= 11 is 4.71. The van der Waals surface area contributed by atoms with Crippen molar-refractivity contribution in [1.82, 2.24) is 4.90 Å². The second-order valence-electron chi connectivity index (χ2n) is 3.29. The number of carbonyl (C=O) groups is 1. The summed E-state index contributed by atoms with van der Waals surface area (Å²) in [5.74, 6) is 2.53. The Hall–Kier alpha value is -0.830. The minimum atomic E-state index is -0.123. The van der Waals surface area contributed by atoms with Crippen LogP contribution in [0.1, 0.15) is 9.67 Å². The topological polar surface area (TPSA) is 29.5 Å². The van der Waals surface area contributed by atoms with E-state index in [0.717, 1.165) is 17.6 Å². The molecule has 2 rings (SSSR count). The molecule has 0 radical (unpaired) electrons. The highest BCUT2D eigenvalue weighted by Gasteiger charge is 2.08. The highest BCUT2D eigenvalue weighted by atomic mass is 79.9. The lowest BCUT2D eigenvalue weighted by Gasteiger charge is -2.22. The molecule has 1 aliphatic heterocycles. The number of hydrogen-bond donors (Lipinski definition) is 0. The van der Waals surface area contributed by atoms with Crippen molar-refractivity contribution in [2.75, 3.05) is 26.3 Å². The highest BCUT2D eigenvalue weighted by Crippen LogP contribution is 2.19. The van der Waals surface area contributed by atoms with Gasteiger partial charge in [0.05, 0.1) is 18.1 Å². The molecular weight excluding hydrogens is 290 g/mol. The quantitative estimate of drug-likeness (QED) is 0.587. The molecular formula is C11H10BrNO2S. The number of nitrogens with zero attached hydrogens (tertiary/aromatic N) is 1. The number of thiophene rings is 1. The number of halogens is 1. The summed E-state index contributed by atoms with van der Waals surface area (Å²) in [6.07, 6.45) is 0. The van der Waals surface area contributed by atoms with Crippen molar-refractivity contribution < 1.29 is 9.53 Å². The third-order valence-corrected chi connectivity index (χ3v) is 3.82. The second kappa shape index (κ2) is 5.48. The zero-order valence-electron chi connectivity index (χ0n) is 8.53. The van der Waals surface area contributed by atoms with E-state index in [1.807, 2.05) is 10.3 Å². The van der Waals surface area contributed by atoms with Gasteiger partial charge in [-0.05, 0) is 22.0 Å². The number of Topliss-reactive ketones (excluding diaryl/α,β-unsaturated/α-hetero) is 1. The molecule has 1 aromatic rings. The first-order valence-electron chi connectivity index (χ1n) is 4.88. The van der Waals surface area contributed by atoms with Crippen LogP contribution in [0, 0.1) is 12.0 Å². The Kier molecular flexibility index (Phi) is 3.99. The number of ketones is 1. The van der Waals surface area contributed by atoms with Gasteiger partial charge in [-0.2, -0.15) is 0 Å². The Balaban J connectivity index is 1.98. The highest BCUT2D eigenvalue weighted by molar-refractivity contribution is 9.10. The molecule has 5 heteroatoms. The van der Waals surface area contributed by atoms with Gasteiger partial charge in [0, 0.05) is 34.9 Å². The van der Waals surface area contributed by atoms with Crippen molar-refractivity contribution in [1.29, 1.82) is 0 Å². The Bertz CT molecular complexity index is 440. The van der Waals surface area contributed by atoms with Crippen molar-refractivity contribution in [3.05, 3.63) is 20.8 Å². The van der Waals surface area contributed by atoms with Crippen LogP contribution in [0.15, 0.2) is 15.9 Å². The monoisotopic (exact) mass is 299 g/mol. The first-order chi connectivity index (χ1) is 7.75. The summed E-state index contributed by atoms with van der Waals surface area (Å²) in [5, 5.41) is 1.88. The number of morpholine rings is 1. The van der Waals surface area contributed by atoms with Gasteiger partial charge in [-0.3, -0.25) is 4.79 Å². The number of hydrogen-bond acceptors (Lipinski definition) is 4. The van der Waals surface area contributed by atoms with Gasteiger partial charge in [0.2, 0.25) is 5.78 Å². The maximum Gasteiger partial charge on any atom is 0.247 e. The SMILES string of the molecule is O=C(C#CN1CCOCC1)c1cc(Br)cs1. The van der Waals surface area contributed by atoms with Crippen LogP contribution in [0.3, 0.4) is 0 Å². The minimum absolute atomic E-state index is 0.123. The molecule has 0 aliphatic carbocycles. The maximum atomic E-state index is 11.7. The summed E-state index contributed by atoms with van der Waals surface area (Å²) in [4.78, 5) is 14.3. The van der Waals surface area contributed by atoms with Crippen LogP contribution in [-0.2, 0) is 4.74 Å². The Morgan fingerprint density at radius 2 is 2.25 bits per heavy atom. The predicted octanol–water partition coefficient (Wildman–Crippen LogP) is 1.99. The zero-order chi connectivity index (χ0) is 11.4. The molecule has 1 fully saturated rings. The van der Waals surface area contributed by atoms with Crippen LogP contribution in [0.2, 0.25) is 0 Å². The summed E-state index contributed by atoms with van der Waals surface area (Å²) < 4.78 is 6.12. The minimum Gasteiger partial charge on any atom is -0.378 e. The van der Waals surface area contributed by atoms with E-state index < -0.39 is 0 Å². The van der Waals surface area contributed by atoms with Crippen molar-refractivity contribution in [3.8, 4) is 12.0 Å². The van der Waals surface area contributed by atoms with Crippen LogP contribution in [0.4, 0.5) is 0 Å². The maximum absolute atomic E-state index is 11.7. The summed E-state index contributed by atoms with van der Waals surface area (Å²) in [6, 6.07) is 4.67. The molecule has 3 nitrogen and oxygen atoms in total. The van der Waals surface area contributed by atoms with Crippen LogP contribution in [0.25, 0.3) is 0 Å². The van der Waals surface area contributed by atoms with Gasteiger partial charge in [-0.25, -0.2) is 0 Å². The number of carbonyl (C=O) groups excluding carboxylic acids is 1. The van der Waals surface area contributed by atoms with Crippen LogP contribution in [-0.4, -0.2) is 37.0 Å². The third kappa shape index (κ3) is 3.08. The Morgan fingerprint density at radius 3 is 2.88 bits per heavy atom. The van der Waals surface area contributed by atoms with Gasteiger partial charge >= 0.3 is 0 Å². The largest absolute Gasteiger partial charge is 0.378 e. The zero-order valence-corrected chi connectivity index (χ0v) is 10.9. The van der Waals surface area contributed by atoms with E-state index in [0.29, 0.717) is 18.1 Å². The molecule has 0 spiro atoms. The standard InChI is InChI=1S/C11H10BrNO2S/c12-9-7-11(16-8-9)10(14)1-2-13-3-5-15-6-4-13/h7-8H,3-6H2. The van der Waals surface area contributed by atoms with Gasteiger partial charge in [-0.15, -0.1) is 11.3 Å². The number of rotatable bonds is 1. The molecule has 84 valence electrons. The molecule has 1 aromatic heterocycles. The Labute approximate surface area is 107 Å². The van der Waals surface area contributed by atoms with Crippen molar-refractivity contribution >= 4 is 33.0 Å². The van der Waals surface area contributed by atoms with Crippen LogP contribution >= 0.6 is 27.3 Å². The molecule has 0 saturated carbocycles. The van der Waals surface area contributed by atoms with E-state index in [4.69, 9.17) is 4.74 Å². The van der Waals surface area contributed by atoms with Gasteiger partial charge < -0.3 is 9.64 Å². The lowest BCUT2D eigenvalue weighted by Crippen LogP contribution is -2.32. The first-order valence-corrected chi connectivity index (χ1v) is 6.56. The van der Waals surface area contributed by atoms with E-state index in [-0.39, 0.29) is 5.78 Å². The molecule has 0 aromatic carbocycles. The number of ether oxygens (including phenoxy) is 1. The van der Waals surface area contributed by atoms with Crippen molar-refractivity contribution in [3.63, 3.8) is 0 Å². The van der Waals surface area contributed by atoms with Gasteiger partial charge in [0.1, 0.15) is 0 Å². The molecule has 2 heterocycles. The normalized spacial score (nSPS) is 15.4. The van der Waals surface area contributed by atoms with E-state index >= 15 is 0 Å². The van der Waals surface area contributed by atoms with Crippen LogP contribution in [0.5, 0.6) is 0 Å². The first kappa shape index (κ1) is 11.6. The van der Waals surface area contributed by atoms with E-state index in [9.17, 15) is 4.79 Å². The Morgan fingerprint density at radius 1 is 1.50 bits per heavy atom. The van der Waals surface area contributed by atoms with Crippen molar-refractivity contribution in [2.45, 2.75) is 0 Å². The molecule has 0 atom stereocenters. The average Bonchev–Trinajstić information content (AvgIpc) is 2.74. The average molecular weight is 300 g/mol. The smallest absolute Gasteiger partial charge is 0.247 e. The lowest BCUT2D eigenvalue weighted by atomic mass is 10.3. The summed E-state index contributed by atoms with van der Waals surface area (Å²) in [5.41, 5.74) is 0. The fourth-order valence-corrected chi connectivity index (χ4v) is 2.62. The van der Waals surface area contributed by atoms with Crippen LogP contribution < -0.4 is 0 Å². The molecule has 0 N–H and O–H groups in total. The fourth-order valence-electron chi connectivity index (χ4n) is 1.30. The van der Waals surface area contributed by atoms with Crippen molar-refractivity contribution in [2.24, 2.45) is 0 Å².